The van der Waals surface area contributed by atoms with Crippen molar-refractivity contribution >= 4 is 21.6 Å². The van der Waals surface area contributed by atoms with Gasteiger partial charge in [-0.15, -0.1) is 11.3 Å². The number of aryl methyl sites for hydroxylation is 1. The van der Waals surface area contributed by atoms with Gasteiger partial charge in [-0.2, -0.15) is 0 Å². The Bertz CT molecular complexity index is 450. The summed E-state index contributed by atoms with van der Waals surface area (Å²) >= 11 is 1.73. The van der Waals surface area contributed by atoms with E-state index in [0.29, 0.717) is 5.75 Å². The predicted octanol–water partition coefficient (Wildman–Crippen LogP) is 3.73. The first-order chi connectivity index (χ1) is 7.29. The third kappa shape index (κ3) is 2.48. The molecule has 0 aliphatic heterocycles. The Morgan fingerprint density at radius 2 is 2.20 bits per heavy atom. The van der Waals surface area contributed by atoms with Crippen LogP contribution in [0.3, 0.4) is 0 Å². The van der Waals surface area contributed by atoms with Gasteiger partial charge in [-0.3, -0.25) is 0 Å². The third-order valence-electron chi connectivity index (χ3n) is 2.41. The number of thiazole rings is 1. The molecule has 0 atom stereocenters. The number of aromatic nitrogens is 1. The number of hydrogen-bond donors (Lipinski definition) is 1. The molecule has 1 N–H and O–H groups in total. The van der Waals surface area contributed by atoms with Crippen LogP contribution in [0.5, 0.6) is 5.75 Å². The number of rotatable bonds is 4. The highest BCUT2D eigenvalue weighted by molar-refractivity contribution is 7.18. The van der Waals surface area contributed by atoms with E-state index < -0.39 is 0 Å². The Kier molecular flexibility index (Phi) is 3.21. The molecule has 3 heteroatoms. The lowest BCUT2D eigenvalue weighted by Crippen LogP contribution is -1.82. The number of fused-ring (bicyclic) bond motifs is 1. The van der Waals surface area contributed by atoms with Gasteiger partial charge in [0.15, 0.2) is 0 Å². The number of benzene rings is 1. The monoisotopic (exact) mass is 221 g/mol. The van der Waals surface area contributed by atoms with E-state index >= 15 is 0 Å². The van der Waals surface area contributed by atoms with Crippen LogP contribution >= 0.6 is 11.3 Å². The third-order valence-corrected chi connectivity index (χ3v) is 3.51. The molecule has 0 fully saturated rings. The van der Waals surface area contributed by atoms with E-state index in [0.717, 1.165) is 11.9 Å². The molecular weight excluding hydrogens is 206 g/mol. The molecular formula is C12H15NOS. The molecule has 80 valence electrons. The largest absolute Gasteiger partial charge is 0.508 e. The van der Waals surface area contributed by atoms with E-state index in [1.54, 1.807) is 23.5 Å². The summed E-state index contributed by atoms with van der Waals surface area (Å²) in [5, 5.41) is 10.5. The normalized spacial score (nSPS) is 11.0. The van der Waals surface area contributed by atoms with Gasteiger partial charge in [-0.1, -0.05) is 19.8 Å². The van der Waals surface area contributed by atoms with Crippen LogP contribution in [0.1, 0.15) is 31.2 Å². The summed E-state index contributed by atoms with van der Waals surface area (Å²) in [7, 11) is 0. The van der Waals surface area contributed by atoms with Crippen molar-refractivity contribution in [2.75, 3.05) is 0 Å². The molecule has 0 aliphatic rings. The van der Waals surface area contributed by atoms with Gasteiger partial charge in [-0.25, -0.2) is 4.98 Å². The quantitative estimate of drug-likeness (QED) is 0.798. The molecule has 0 aliphatic carbocycles. The van der Waals surface area contributed by atoms with Gasteiger partial charge in [0.2, 0.25) is 0 Å². The van der Waals surface area contributed by atoms with E-state index in [1.807, 2.05) is 6.07 Å². The van der Waals surface area contributed by atoms with Crippen LogP contribution in [0.2, 0.25) is 0 Å². The van der Waals surface area contributed by atoms with E-state index in [1.165, 1.54) is 29.0 Å². The van der Waals surface area contributed by atoms with E-state index in [2.05, 4.69) is 11.9 Å². The van der Waals surface area contributed by atoms with Crippen molar-refractivity contribution in [1.82, 2.24) is 4.98 Å². The van der Waals surface area contributed by atoms with Gasteiger partial charge in [-0.05, 0) is 25.0 Å². The van der Waals surface area contributed by atoms with Crippen molar-refractivity contribution in [3.63, 3.8) is 0 Å². The van der Waals surface area contributed by atoms with Gasteiger partial charge < -0.3 is 5.11 Å². The van der Waals surface area contributed by atoms with Gasteiger partial charge in [0, 0.05) is 6.07 Å². The summed E-state index contributed by atoms with van der Waals surface area (Å²) in [6, 6.07) is 5.39. The summed E-state index contributed by atoms with van der Waals surface area (Å²) in [6.45, 7) is 2.20. The van der Waals surface area contributed by atoms with E-state index in [4.69, 9.17) is 0 Å². The SMILES string of the molecule is CCCCCc1nc2cc(O)ccc2s1. The minimum atomic E-state index is 0.299. The first-order valence-electron chi connectivity index (χ1n) is 5.38. The highest BCUT2D eigenvalue weighted by Crippen LogP contribution is 2.26. The van der Waals surface area contributed by atoms with Crippen LogP contribution in [0.15, 0.2) is 18.2 Å². The van der Waals surface area contributed by atoms with E-state index in [9.17, 15) is 5.11 Å². The maximum absolute atomic E-state index is 9.32. The number of phenols is 1. The predicted molar refractivity (Wildman–Crippen MR) is 64.5 cm³/mol. The van der Waals surface area contributed by atoms with Crippen molar-refractivity contribution in [2.24, 2.45) is 0 Å². The molecule has 0 bridgehead atoms. The van der Waals surface area contributed by atoms with Crippen LogP contribution in [-0.2, 0) is 6.42 Å². The smallest absolute Gasteiger partial charge is 0.117 e. The summed E-state index contributed by atoms with van der Waals surface area (Å²) in [4.78, 5) is 4.50. The average Bonchev–Trinajstić information content (AvgIpc) is 2.60. The standard InChI is InChI=1S/C12H15NOS/c1-2-3-4-5-12-13-10-8-9(14)6-7-11(10)15-12/h6-8,14H,2-5H2,1H3. The maximum Gasteiger partial charge on any atom is 0.117 e. The zero-order valence-corrected chi connectivity index (χ0v) is 9.68. The van der Waals surface area contributed by atoms with Gasteiger partial charge in [0.05, 0.1) is 15.2 Å². The molecule has 15 heavy (non-hydrogen) atoms. The van der Waals surface area contributed by atoms with Crippen LogP contribution in [-0.4, -0.2) is 10.1 Å². The molecule has 0 amide bonds. The number of unbranched alkanes of at least 4 members (excludes halogenated alkanes) is 2. The highest BCUT2D eigenvalue weighted by Gasteiger charge is 2.03. The number of hydrogen-bond acceptors (Lipinski definition) is 3. The Morgan fingerprint density at radius 3 is 3.00 bits per heavy atom. The van der Waals surface area contributed by atoms with Crippen molar-refractivity contribution in [3.8, 4) is 5.75 Å². The lowest BCUT2D eigenvalue weighted by Gasteiger charge is -1.92. The number of nitrogens with zero attached hydrogens (tertiary/aromatic N) is 1. The molecule has 0 radical (unpaired) electrons. The van der Waals surface area contributed by atoms with Crippen LogP contribution < -0.4 is 0 Å². The molecule has 1 aromatic carbocycles. The fourth-order valence-corrected chi connectivity index (χ4v) is 2.59. The molecule has 0 spiro atoms. The highest BCUT2D eigenvalue weighted by atomic mass is 32.1. The van der Waals surface area contributed by atoms with Crippen molar-refractivity contribution in [1.29, 1.82) is 0 Å². The molecule has 0 saturated carbocycles. The molecule has 0 saturated heterocycles. The molecule has 1 heterocycles. The van der Waals surface area contributed by atoms with Gasteiger partial charge >= 0.3 is 0 Å². The fraction of sp³-hybridized carbons (Fsp3) is 0.417. The second kappa shape index (κ2) is 4.62. The van der Waals surface area contributed by atoms with Gasteiger partial charge in [0.25, 0.3) is 0 Å². The first-order valence-corrected chi connectivity index (χ1v) is 6.19. The van der Waals surface area contributed by atoms with Crippen LogP contribution in [0.25, 0.3) is 10.2 Å². The number of phenolic OH excluding ortho intramolecular Hbond substituents is 1. The van der Waals surface area contributed by atoms with Crippen LogP contribution in [0.4, 0.5) is 0 Å². The first kappa shape index (κ1) is 10.4. The zero-order chi connectivity index (χ0) is 10.7. The Labute approximate surface area is 93.6 Å². The van der Waals surface area contributed by atoms with Crippen LogP contribution in [0, 0.1) is 0 Å². The summed E-state index contributed by atoms with van der Waals surface area (Å²) in [5.41, 5.74) is 0.923. The molecule has 2 aromatic rings. The number of aromatic hydroxyl groups is 1. The van der Waals surface area contributed by atoms with Gasteiger partial charge in [0.1, 0.15) is 5.75 Å². The summed E-state index contributed by atoms with van der Waals surface area (Å²) in [5.74, 6) is 0.299. The lowest BCUT2D eigenvalue weighted by molar-refractivity contribution is 0.476. The Morgan fingerprint density at radius 1 is 1.33 bits per heavy atom. The molecule has 0 unspecified atom stereocenters. The Hall–Kier alpha value is -1.09. The molecule has 2 nitrogen and oxygen atoms in total. The topological polar surface area (TPSA) is 33.1 Å². The van der Waals surface area contributed by atoms with Crippen molar-refractivity contribution in [3.05, 3.63) is 23.2 Å². The minimum Gasteiger partial charge on any atom is -0.508 e. The summed E-state index contributed by atoms with van der Waals surface area (Å²) < 4.78 is 1.17. The summed E-state index contributed by atoms with van der Waals surface area (Å²) in [6.07, 6.45) is 4.78. The zero-order valence-electron chi connectivity index (χ0n) is 8.86. The van der Waals surface area contributed by atoms with Crippen molar-refractivity contribution < 1.29 is 5.11 Å². The molecule has 2 rings (SSSR count). The average molecular weight is 221 g/mol. The van der Waals surface area contributed by atoms with Crippen molar-refractivity contribution in [2.45, 2.75) is 32.6 Å². The molecule has 1 aromatic heterocycles. The maximum atomic E-state index is 9.32. The Balaban J connectivity index is 2.16. The fourth-order valence-electron chi connectivity index (χ4n) is 1.60. The second-order valence-corrected chi connectivity index (χ2v) is 4.83. The second-order valence-electron chi connectivity index (χ2n) is 3.72. The van der Waals surface area contributed by atoms with E-state index in [-0.39, 0.29) is 0 Å². The lowest BCUT2D eigenvalue weighted by atomic mass is 10.2. The minimum absolute atomic E-state index is 0.299.